The summed E-state index contributed by atoms with van der Waals surface area (Å²) in [5, 5.41) is 8.97. The van der Waals surface area contributed by atoms with Crippen molar-refractivity contribution in [3.63, 3.8) is 0 Å². The first kappa shape index (κ1) is 15.8. The van der Waals surface area contributed by atoms with Gasteiger partial charge in [0.15, 0.2) is 5.75 Å². The first-order chi connectivity index (χ1) is 9.43. The summed E-state index contributed by atoms with van der Waals surface area (Å²) in [4.78, 5) is 11.2. The molecule has 0 fully saturated rings. The van der Waals surface area contributed by atoms with Gasteiger partial charge in [0.25, 0.3) is 0 Å². The fourth-order valence-corrected chi connectivity index (χ4v) is 2.44. The normalized spacial score (nSPS) is 10.4. The zero-order chi connectivity index (χ0) is 15.2. The third-order valence-electron chi connectivity index (χ3n) is 2.24. The number of hydrogen-bond acceptors (Lipinski definition) is 6. The Bertz CT molecular complexity index is 634. The number of carbonyl (C=O) groups excluding carboxylic acids is 1. The summed E-state index contributed by atoms with van der Waals surface area (Å²) in [7, 11) is -2.63. The molecule has 0 unspecified atom stereocenters. The molecule has 0 aliphatic carbocycles. The Kier molecular flexibility index (Phi) is 5.34. The van der Waals surface area contributed by atoms with Crippen LogP contribution in [-0.4, -0.2) is 33.9 Å². The summed E-state index contributed by atoms with van der Waals surface area (Å²) < 4.78 is 35.4. The van der Waals surface area contributed by atoms with E-state index in [1.807, 2.05) is 6.07 Å². The minimum atomic E-state index is -3.98. The molecule has 20 heavy (non-hydrogen) atoms. The van der Waals surface area contributed by atoms with Crippen LogP contribution in [0.25, 0.3) is 0 Å². The molecule has 0 aliphatic heterocycles. The van der Waals surface area contributed by atoms with E-state index in [1.54, 1.807) is 13.0 Å². The molecule has 1 aromatic rings. The maximum atomic E-state index is 11.8. The number of rotatable bonds is 6. The average Bonchev–Trinajstić information content (AvgIpc) is 2.38. The highest BCUT2D eigenvalue weighted by molar-refractivity contribution is 7.93. The Morgan fingerprint density at radius 3 is 2.70 bits per heavy atom. The molecule has 0 atom stereocenters. The van der Waals surface area contributed by atoms with Crippen molar-refractivity contribution in [3.05, 3.63) is 23.8 Å². The van der Waals surface area contributed by atoms with E-state index in [2.05, 4.69) is 9.46 Å². The summed E-state index contributed by atoms with van der Waals surface area (Å²) in [6, 6.07) is 6.34. The minimum Gasteiger partial charge on any atom is -0.495 e. The molecule has 1 rings (SSSR count). The van der Waals surface area contributed by atoms with Gasteiger partial charge < -0.3 is 9.47 Å². The van der Waals surface area contributed by atoms with E-state index in [0.29, 0.717) is 0 Å². The van der Waals surface area contributed by atoms with Crippen LogP contribution in [0.5, 0.6) is 5.75 Å². The van der Waals surface area contributed by atoms with Gasteiger partial charge in [-0.15, -0.1) is 0 Å². The Morgan fingerprint density at radius 2 is 2.15 bits per heavy atom. The van der Waals surface area contributed by atoms with Crippen molar-refractivity contribution in [1.82, 2.24) is 0 Å². The largest absolute Gasteiger partial charge is 0.495 e. The molecule has 0 saturated heterocycles. The first-order valence-electron chi connectivity index (χ1n) is 5.66. The van der Waals surface area contributed by atoms with Gasteiger partial charge in [-0.1, -0.05) is 6.07 Å². The van der Waals surface area contributed by atoms with Crippen molar-refractivity contribution in [3.8, 4) is 11.8 Å². The third kappa shape index (κ3) is 4.13. The summed E-state index contributed by atoms with van der Waals surface area (Å²) >= 11 is 0. The number of nitrogens with zero attached hydrogens (tertiary/aromatic N) is 1. The van der Waals surface area contributed by atoms with E-state index in [-0.39, 0.29) is 23.6 Å². The molecule has 108 valence electrons. The second-order valence-electron chi connectivity index (χ2n) is 3.66. The molecule has 0 aliphatic rings. The highest BCUT2D eigenvalue weighted by Crippen LogP contribution is 2.28. The molecule has 0 amide bonds. The number of carbonyl (C=O) groups is 1. The van der Waals surface area contributed by atoms with Gasteiger partial charge in [0.1, 0.15) is 17.5 Å². The molecule has 1 aromatic carbocycles. The van der Waals surface area contributed by atoms with Gasteiger partial charge in [0.05, 0.1) is 19.3 Å². The molecule has 8 heteroatoms. The van der Waals surface area contributed by atoms with E-state index in [9.17, 15) is 13.2 Å². The van der Waals surface area contributed by atoms with Crippen molar-refractivity contribution in [1.29, 1.82) is 5.26 Å². The Balaban J connectivity index is 3.04. The molecular formula is C12H14N2O5S. The molecule has 0 radical (unpaired) electrons. The number of ether oxygens (including phenoxy) is 2. The van der Waals surface area contributed by atoms with E-state index in [0.717, 1.165) is 0 Å². The number of para-hydroxylation sites is 1. The van der Waals surface area contributed by atoms with Crippen LogP contribution < -0.4 is 9.46 Å². The van der Waals surface area contributed by atoms with Gasteiger partial charge in [0, 0.05) is 0 Å². The van der Waals surface area contributed by atoms with E-state index in [4.69, 9.17) is 10.00 Å². The highest BCUT2D eigenvalue weighted by Gasteiger charge is 2.21. The van der Waals surface area contributed by atoms with Crippen LogP contribution in [0.1, 0.15) is 12.5 Å². The highest BCUT2D eigenvalue weighted by atomic mass is 32.2. The lowest BCUT2D eigenvalue weighted by molar-refractivity contribution is -0.139. The molecule has 0 bridgehead atoms. The van der Waals surface area contributed by atoms with Gasteiger partial charge in [-0.3, -0.25) is 9.52 Å². The Hall–Kier alpha value is -2.27. The Morgan fingerprint density at radius 1 is 1.45 bits per heavy atom. The Labute approximate surface area is 117 Å². The molecule has 0 heterocycles. The van der Waals surface area contributed by atoms with Crippen molar-refractivity contribution in [2.45, 2.75) is 6.92 Å². The van der Waals surface area contributed by atoms with Crippen LogP contribution in [0.4, 0.5) is 5.69 Å². The zero-order valence-electron chi connectivity index (χ0n) is 11.0. The van der Waals surface area contributed by atoms with E-state index >= 15 is 0 Å². The summed E-state index contributed by atoms with van der Waals surface area (Å²) in [6.07, 6.45) is 0. The number of esters is 1. The zero-order valence-corrected chi connectivity index (χ0v) is 11.9. The number of methoxy groups -OCH3 is 1. The monoisotopic (exact) mass is 298 g/mol. The van der Waals surface area contributed by atoms with Crippen molar-refractivity contribution >= 4 is 21.7 Å². The fraction of sp³-hybridized carbons (Fsp3) is 0.333. The van der Waals surface area contributed by atoms with Crippen LogP contribution in [0.3, 0.4) is 0 Å². The van der Waals surface area contributed by atoms with E-state index < -0.39 is 21.7 Å². The average molecular weight is 298 g/mol. The third-order valence-corrected chi connectivity index (χ3v) is 3.37. The number of hydrogen-bond donors (Lipinski definition) is 1. The van der Waals surface area contributed by atoms with Crippen molar-refractivity contribution in [2.24, 2.45) is 0 Å². The van der Waals surface area contributed by atoms with Crippen LogP contribution >= 0.6 is 0 Å². The van der Waals surface area contributed by atoms with Gasteiger partial charge >= 0.3 is 5.97 Å². The number of nitrogens with one attached hydrogen (secondary N) is 1. The van der Waals surface area contributed by atoms with Crippen LogP contribution in [0, 0.1) is 11.3 Å². The van der Waals surface area contributed by atoms with Crippen molar-refractivity contribution < 1.29 is 22.7 Å². The molecule has 7 nitrogen and oxygen atoms in total. The summed E-state index contributed by atoms with van der Waals surface area (Å²) in [5.41, 5.74) is 0.0959. The first-order valence-corrected chi connectivity index (χ1v) is 7.32. The maximum absolute atomic E-state index is 11.8. The number of nitriles is 1. The van der Waals surface area contributed by atoms with Gasteiger partial charge in [-0.25, -0.2) is 8.42 Å². The molecule has 0 spiro atoms. The SMILES string of the molecule is CCOC(=O)CS(=O)(=O)Nc1c(C#N)cccc1OC. The van der Waals surface area contributed by atoms with E-state index in [1.165, 1.54) is 19.2 Å². The second kappa shape index (κ2) is 6.77. The summed E-state index contributed by atoms with van der Waals surface area (Å²) in [6.45, 7) is 1.67. The lowest BCUT2D eigenvalue weighted by Crippen LogP contribution is -2.25. The number of anilines is 1. The predicted octanol–water partition coefficient (Wildman–Crippen LogP) is 0.872. The standard InChI is InChI=1S/C12H14N2O5S/c1-3-19-11(15)8-20(16,17)14-12-9(7-13)5-4-6-10(12)18-2/h4-6,14H,3,8H2,1-2H3. The van der Waals surface area contributed by atoms with Gasteiger partial charge in [-0.05, 0) is 19.1 Å². The van der Waals surface area contributed by atoms with Crippen LogP contribution in [-0.2, 0) is 19.6 Å². The molecule has 1 N–H and O–H groups in total. The minimum absolute atomic E-state index is 0.00167. The second-order valence-corrected chi connectivity index (χ2v) is 5.38. The smallest absolute Gasteiger partial charge is 0.323 e. The topological polar surface area (TPSA) is 105 Å². The molecular weight excluding hydrogens is 284 g/mol. The maximum Gasteiger partial charge on any atom is 0.323 e. The lowest BCUT2D eigenvalue weighted by Gasteiger charge is -2.12. The molecule has 0 aromatic heterocycles. The summed E-state index contributed by atoms with van der Waals surface area (Å²) in [5.74, 6) is -1.51. The number of sulfonamides is 1. The van der Waals surface area contributed by atoms with Crippen LogP contribution in [0.15, 0.2) is 18.2 Å². The lowest BCUT2D eigenvalue weighted by atomic mass is 10.2. The molecule has 0 saturated carbocycles. The van der Waals surface area contributed by atoms with Crippen LogP contribution in [0.2, 0.25) is 0 Å². The van der Waals surface area contributed by atoms with Gasteiger partial charge in [0.2, 0.25) is 10.0 Å². The quantitative estimate of drug-likeness (QED) is 0.781. The predicted molar refractivity (Wildman–Crippen MR) is 71.8 cm³/mol. The fourth-order valence-electron chi connectivity index (χ4n) is 1.45. The van der Waals surface area contributed by atoms with Gasteiger partial charge in [-0.2, -0.15) is 5.26 Å². The number of benzene rings is 1. The van der Waals surface area contributed by atoms with Crippen molar-refractivity contribution in [2.75, 3.05) is 24.2 Å².